The van der Waals surface area contributed by atoms with Gasteiger partial charge in [-0.1, -0.05) is 18.2 Å². The monoisotopic (exact) mass is 355 g/mol. The lowest BCUT2D eigenvalue weighted by Gasteiger charge is -2.10. The lowest BCUT2D eigenvalue weighted by atomic mass is 10.0. The van der Waals surface area contributed by atoms with E-state index in [1.807, 2.05) is 37.3 Å². The first kappa shape index (κ1) is 18.2. The number of para-hydroxylation sites is 1. The Kier molecular flexibility index (Phi) is 5.71. The number of aromatic nitrogens is 2. The molecule has 6 heteroatoms. The first-order chi connectivity index (χ1) is 12.5. The van der Waals surface area contributed by atoms with Crippen LogP contribution in [0, 0.1) is 5.92 Å². The van der Waals surface area contributed by atoms with Crippen molar-refractivity contribution in [3.8, 4) is 5.75 Å². The number of hydrogen-bond acceptors (Lipinski definition) is 5. The molecule has 1 amide bonds. The Morgan fingerprint density at radius 3 is 2.88 bits per heavy atom. The zero-order valence-electron chi connectivity index (χ0n) is 15.5. The lowest BCUT2D eigenvalue weighted by molar-refractivity contribution is -0.119. The summed E-state index contributed by atoms with van der Waals surface area (Å²) in [7, 11) is 1.66. The van der Waals surface area contributed by atoms with Crippen LogP contribution in [0.15, 0.2) is 28.7 Å². The van der Waals surface area contributed by atoms with Crippen molar-refractivity contribution in [2.24, 2.45) is 5.92 Å². The van der Waals surface area contributed by atoms with E-state index in [1.54, 1.807) is 14.0 Å². The van der Waals surface area contributed by atoms with Gasteiger partial charge in [0.25, 0.3) is 0 Å². The molecule has 0 saturated heterocycles. The standard InChI is InChI=1S/C20H25N3O3/c1-13(17-6-4-5-7-18(17)25-3)10-19-22-23-20(26-19)12-15-8-9-16(11-15)21-14(2)24/h4-7,10,15-16H,8-9,11-12H2,1-3H3,(H,21,24)/t15-,16+/m1/s1. The molecule has 1 aromatic heterocycles. The summed E-state index contributed by atoms with van der Waals surface area (Å²) in [5.74, 6) is 2.47. The molecule has 0 radical (unpaired) electrons. The van der Waals surface area contributed by atoms with E-state index in [0.717, 1.165) is 42.6 Å². The van der Waals surface area contributed by atoms with E-state index < -0.39 is 0 Å². The first-order valence-electron chi connectivity index (χ1n) is 8.96. The van der Waals surface area contributed by atoms with Gasteiger partial charge in [0.05, 0.1) is 7.11 Å². The Bertz CT molecular complexity index is 797. The van der Waals surface area contributed by atoms with Gasteiger partial charge in [-0.3, -0.25) is 4.79 Å². The fraction of sp³-hybridized carbons (Fsp3) is 0.450. The Labute approximate surface area is 153 Å². The van der Waals surface area contributed by atoms with Gasteiger partial charge >= 0.3 is 0 Å². The van der Waals surface area contributed by atoms with Gasteiger partial charge in [0, 0.05) is 31.0 Å². The highest BCUT2D eigenvalue weighted by Gasteiger charge is 2.26. The van der Waals surface area contributed by atoms with Crippen molar-refractivity contribution in [2.75, 3.05) is 7.11 Å². The van der Waals surface area contributed by atoms with E-state index in [2.05, 4.69) is 15.5 Å². The number of benzene rings is 1. The lowest BCUT2D eigenvalue weighted by Crippen LogP contribution is -2.30. The van der Waals surface area contributed by atoms with Crippen LogP contribution in [0.3, 0.4) is 0 Å². The third-order valence-corrected chi connectivity index (χ3v) is 4.77. The molecular formula is C20H25N3O3. The Hall–Kier alpha value is -2.63. The van der Waals surface area contributed by atoms with Gasteiger partial charge in [0.1, 0.15) is 5.75 Å². The van der Waals surface area contributed by atoms with Crippen LogP contribution in [0.5, 0.6) is 5.75 Å². The predicted octanol–water partition coefficient (Wildman–Crippen LogP) is 3.49. The smallest absolute Gasteiger partial charge is 0.240 e. The van der Waals surface area contributed by atoms with Crippen LogP contribution in [-0.4, -0.2) is 29.3 Å². The SMILES string of the molecule is COc1ccccc1C(C)=Cc1nnc(C[C@@H]2CC[C@H](NC(C)=O)C2)o1. The van der Waals surface area contributed by atoms with Gasteiger partial charge < -0.3 is 14.5 Å². The van der Waals surface area contributed by atoms with E-state index in [9.17, 15) is 4.79 Å². The fourth-order valence-corrected chi connectivity index (χ4v) is 3.57. The maximum Gasteiger partial charge on any atom is 0.240 e. The van der Waals surface area contributed by atoms with E-state index in [4.69, 9.17) is 9.15 Å². The number of rotatable bonds is 6. The van der Waals surface area contributed by atoms with Gasteiger partial charge in [0.2, 0.25) is 17.7 Å². The molecule has 6 nitrogen and oxygen atoms in total. The first-order valence-corrected chi connectivity index (χ1v) is 8.96. The number of nitrogens with zero attached hydrogens (tertiary/aromatic N) is 2. The summed E-state index contributed by atoms with van der Waals surface area (Å²) in [6.07, 6.45) is 5.68. The third-order valence-electron chi connectivity index (χ3n) is 4.77. The van der Waals surface area contributed by atoms with Crippen LogP contribution in [0.1, 0.15) is 50.5 Å². The van der Waals surface area contributed by atoms with Crippen molar-refractivity contribution in [3.05, 3.63) is 41.6 Å². The predicted molar refractivity (Wildman–Crippen MR) is 99.5 cm³/mol. The molecule has 26 heavy (non-hydrogen) atoms. The maximum atomic E-state index is 11.2. The highest BCUT2D eigenvalue weighted by molar-refractivity contribution is 5.80. The number of carbonyl (C=O) groups is 1. The van der Waals surface area contributed by atoms with E-state index in [0.29, 0.717) is 17.7 Å². The van der Waals surface area contributed by atoms with E-state index in [-0.39, 0.29) is 11.9 Å². The van der Waals surface area contributed by atoms with Gasteiger partial charge in [-0.25, -0.2) is 0 Å². The van der Waals surface area contributed by atoms with Crippen molar-refractivity contribution in [1.82, 2.24) is 15.5 Å². The summed E-state index contributed by atoms with van der Waals surface area (Å²) in [5.41, 5.74) is 2.01. The molecule has 2 aromatic rings. The van der Waals surface area contributed by atoms with Crippen LogP contribution >= 0.6 is 0 Å². The number of carbonyl (C=O) groups excluding carboxylic acids is 1. The topological polar surface area (TPSA) is 77.3 Å². The Morgan fingerprint density at radius 2 is 2.12 bits per heavy atom. The maximum absolute atomic E-state index is 11.2. The molecule has 1 aliphatic carbocycles. The average Bonchev–Trinajstić information content (AvgIpc) is 3.24. The zero-order valence-corrected chi connectivity index (χ0v) is 15.5. The van der Waals surface area contributed by atoms with Crippen molar-refractivity contribution in [3.63, 3.8) is 0 Å². The summed E-state index contributed by atoms with van der Waals surface area (Å²) in [6, 6.07) is 8.11. The molecule has 1 aliphatic rings. The molecule has 0 spiro atoms. The number of methoxy groups -OCH3 is 1. The molecule has 1 heterocycles. The van der Waals surface area contributed by atoms with Crippen molar-refractivity contribution < 1.29 is 13.9 Å². The van der Waals surface area contributed by atoms with Crippen molar-refractivity contribution in [2.45, 2.75) is 45.6 Å². The van der Waals surface area contributed by atoms with Gasteiger partial charge in [-0.2, -0.15) is 0 Å². The largest absolute Gasteiger partial charge is 0.496 e. The fourth-order valence-electron chi connectivity index (χ4n) is 3.57. The molecule has 138 valence electrons. The summed E-state index contributed by atoms with van der Waals surface area (Å²) in [6.45, 7) is 3.56. The van der Waals surface area contributed by atoms with E-state index in [1.165, 1.54) is 0 Å². The molecule has 1 fully saturated rings. The Balaban J connectivity index is 1.64. The van der Waals surface area contributed by atoms with Crippen molar-refractivity contribution in [1.29, 1.82) is 0 Å². The summed E-state index contributed by atoms with van der Waals surface area (Å²) in [5, 5.41) is 11.3. The van der Waals surface area contributed by atoms with Crippen LogP contribution in [0.25, 0.3) is 11.6 Å². The average molecular weight is 355 g/mol. The normalized spacial score (nSPS) is 20.2. The van der Waals surface area contributed by atoms with Crippen LogP contribution in [0.2, 0.25) is 0 Å². The highest BCUT2D eigenvalue weighted by Crippen LogP contribution is 2.29. The number of hydrogen-bond donors (Lipinski definition) is 1. The minimum Gasteiger partial charge on any atom is -0.496 e. The number of amides is 1. The minimum absolute atomic E-state index is 0.0349. The van der Waals surface area contributed by atoms with Gasteiger partial charge in [-0.15, -0.1) is 10.2 Å². The second-order valence-corrected chi connectivity index (χ2v) is 6.84. The van der Waals surface area contributed by atoms with Crippen LogP contribution < -0.4 is 10.1 Å². The second kappa shape index (κ2) is 8.17. The van der Waals surface area contributed by atoms with Gasteiger partial charge in [-0.05, 0) is 43.7 Å². The molecule has 1 saturated carbocycles. The summed E-state index contributed by atoms with van der Waals surface area (Å²) in [4.78, 5) is 11.2. The molecule has 1 N–H and O–H groups in total. The number of allylic oxidation sites excluding steroid dienone is 1. The molecule has 3 rings (SSSR count). The molecule has 0 unspecified atom stereocenters. The zero-order chi connectivity index (χ0) is 18.5. The third kappa shape index (κ3) is 4.50. The quantitative estimate of drug-likeness (QED) is 0.858. The van der Waals surface area contributed by atoms with Crippen LogP contribution in [-0.2, 0) is 11.2 Å². The summed E-state index contributed by atoms with van der Waals surface area (Å²) >= 11 is 0. The van der Waals surface area contributed by atoms with Crippen LogP contribution in [0.4, 0.5) is 0 Å². The molecule has 0 aliphatic heterocycles. The second-order valence-electron chi connectivity index (χ2n) is 6.84. The number of ether oxygens (including phenoxy) is 1. The van der Waals surface area contributed by atoms with Gasteiger partial charge in [0.15, 0.2) is 0 Å². The molecule has 1 aromatic carbocycles. The molecule has 2 atom stereocenters. The molecular weight excluding hydrogens is 330 g/mol. The minimum atomic E-state index is 0.0349. The molecule has 0 bridgehead atoms. The highest BCUT2D eigenvalue weighted by atomic mass is 16.5. The van der Waals surface area contributed by atoms with Crippen molar-refractivity contribution >= 4 is 17.6 Å². The number of nitrogens with one attached hydrogen (secondary N) is 1. The van der Waals surface area contributed by atoms with E-state index >= 15 is 0 Å². The Morgan fingerprint density at radius 1 is 1.31 bits per heavy atom. The summed E-state index contributed by atoms with van der Waals surface area (Å²) < 4.78 is 11.2.